The Morgan fingerprint density at radius 2 is 2.36 bits per heavy atom. The standard InChI is InChI=1S/C10H12FNO2/c11-8-3-1-2-7-9(8)14-5-4-10(7,12)6-13/h1-3,13H,4-6,12H2. The van der Waals surface area contributed by atoms with E-state index in [2.05, 4.69) is 0 Å². The van der Waals surface area contributed by atoms with Crippen molar-refractivity contribution in [3.8, 4) is 5.75 Å². The summed E-state index contributed by atoms with van der Waals surface area (Å²) in [7, 11) is 0. The van der Waals surface area contributed by atoms with Crippen molar-refractivity contribution >= 4 is 0 Å². The van der Waals surface area contributed by atoms with Gasteiger partial charge in [-0.25, -0.2) is 4.39 Å². The van der Waals surface area contributed by atoms with Crippen LogP contribution in [0.3, 0.4) is 0 Å². The molecule has 0 saturated heterocycles. The number of fused-ring (bicyclic) bond motifs is 1. The average Bonchev–Trinajstić information content (AvgIpc) is 2.20. The molecule has 0 saturated carbocycles. The van der Waals surface area contributed by atoms with Crippen LogP contribution in [0, 0.1) is 5.82 Å². The van der Waals surface area contributed by atoms with E-state index in [0.717, 1.165) is 0 Å². The Balaban J connectivity index is 2.55. The first kappa shape index (κ1) is 9.43. The first-order chi connectivity index (χ1) is 6.67. The van der Waals surface area contributed by atoms with Crippen molar-refractivity contribution < 1.29 is 14.2 Å². The Hall–Kier alpha value is -1.13. The molecule has 76 valence electrons. The molecule has 0 radical (unpaired) electrons. The van der Waals surface area contributed by atoms with Gasteiger partial charge in [-0.15, -0.1) is 0 Å². The number of aliphatic hydroxyl groups excluding tert-OH is 1. The summed E-state index contributed by atoms with van der Waals surface area (Å²) in [5.74, 6) is -0.249. The van der Waals surface area contributed by atoms with Crippen LogP contribution in [0.1, 0.15) is 12.0 Å². The van der Waals surface area contributed by atoms with Gasteiger partial charge in [0.1, 0.15) is 0 Å². The van der Waals surface area contributed by atoms with Crippen LogP contribution < -0.4 is 10.5 Å². The van der Waals surface area contributed by atoms with Crippen LogP contribution in [0.2, 0.25) is 0 Å². The molecule has 0 fully saturated rings. The maximum absolute atomic E-state index is 13.3. The van der Waals surface area contributed by atoms with Gasteiger partial charge in [0.15, 0.2) is 11.6 Å². The van der Waals surface area contributed by atoms with Crippen LogP contribution in [0.15, 0.2) is 18.2 Å². The lowest BCUT2D eigenvalue weighted by molar-refractivity contribution is 0.135. The molecule has 1 aromatic rings. The van der Waals surface area contributed by atoms with Crippen molar-refractivity contribution in [3.05, 3.63) is 29.6 Å². The van der Waals surface area contributed by atoms with Gasteiger partial charge in [-0.3, -0.25) is 0 Å². The molecule has 14 heavy (non-hydrogen) atoms. The second-order valence-electron chi connectivity index (χ2n) is 3.53. The Morgan fingerprint density at radius 3 is 3.07 bits per heavy atom. The molecule has 1 unspecified atom stereocenters. The summed E-state index contributed by atoms with van der Waals surface area (Å²) in [6.07, 6.45) is 0.500. The summed E-state index contributed by atoms with van der Waals surface area (Å²) in [4.78, 5) is 0. The van der Waals surface area contributed by atoms with Gasteiger partial charge < -0.3 is 15.6 Å². The van der Waals surface area contributed by atoms with Crippen molar-refractivity contribution in [2.45, 2.75) is 12.0 Å². The summed E-state index contributed by atoms with van der Waals surface area (Å²) in [5, 5.41) is 9.18. The molecule has 1 heterocycles. The average molecular weight is 197 g/mol. The number of halogens is 1. The van der Waals surface area contributed by atoms with Gasteiger partial charge in [0, 0.05) is 12.0 Å². The minimum atomic E-state index is -0.865. The molecule has 0 spiro atoms. The molecule has 1 aliphatic rings. The highest BCUT2D eigenvalue weighted by atomic mass is 19.1. The Kier molecular flexibility index (Phi) is 2.17. The van der Waals surface area contributed by atoms with Gasteiger partial charge in [-0.2, -0.15) is 0 Å². The quantitative estimate of drug-likeness (QED) is 0.698. The predicted molar refractivity (Wildman–Crippen MR) is 49.5 cm³/mol. The van der Waals surface area contributed by atoms with Crippen LogP contribution in [-0.4, -0.2) is 18.3 Å². The molecule has 0 aromatic heterocycles. The SMILES string of the molecule is NC1(CO)CCOc2c(F)cccc21. The Bertz CT molecular complexity index is 356. The van der Waals surface area contributed by atoms with E-state index in [0.29, 0.717) is 18.6 Å². The number of aliphatic hydroxyl groups is 1. The van der Waals surface area contributed by atoms with E-state index < -0.39 is 11.4 Å². The van der Waals surface area contributed by atoms with Crippen molar-refractivity contribution in [2.24, 2.45) is 5.73 Å². The molecule has 1 aliphatic heterocycles. The predicted octanol–water partition coefficient (Wildman–Crippen LogP) is 0.755. The highest BCUT2D eigenvalue weighted by Gasteiger charge is 2.34. The lowest BCUT2D eigenvalue weighted by atomic mass is 9.86. The number of rotatable bonds is 1. The third-order valence-electron chi connectivity index (χ3n) is 2.58. The van der Waals surface area contributed by atoms with Crippen LogP contribution >= 0.6 is 0 Å². The number of benzene rings is 1. The largest absolute Gasteiger partial charge is 0.490 e. The minimum Gasteiger partial charge on any atom is -0.490 e. The minimum absolute atomic E-state index is 0.176. The molecule has 2 rings (SSSR count). The Morgan fingerprint density at radius 1 is 1.57 bits per heavy atom. The zero-order valence-electron chi connectivity index (χ0n) is 7.66. The number of nitrogens with two attached hydrogens (primary N) is 1. The van der Waals surface area contributed by atoms with Crippen LogP contribution in [0.4, 0.5) is 4.39 Å². The summed E-state index contributed by atoms with van der Waals surface area (Å²) < 4.78 is 18.5. The van der Waals surface area contributed by atoms with Gasteiger partial charge in [0.25, 0.3) is 0 Å². The van der Waals surface area contributed by atoms with Gasteiger partial charge in [-0.1, -0.05) is 12.1 Å². The van der Waals surface area contributed by atoms with E-state index in [-0.39, 0.29) is 12.4 Å². The summed E-state index contributed by atoms with van der Waals surface area (Å²) >= 11 is 0. The second kappa shape index (κ2) is 3.22. The molecule has 1 atom stereocenters. The highest BCUT2D eigenvalue weighted by Crippen LogP contribution is 2.36. The topological polar surface area (TPSA) is 55.5 Å². The third kappa shape index (κ3) is 1.27. The monoisotopic (exact) mass is 197 g/mol. The van der Waals surface area contributed by atoms with E-state index >= 15 is 0 Å². The van der Waals surface area contributed by atoms with E-state index in [1.807, 2.05) is 0 Å². The fourth-order valence-electron chi connectivity index (χ4n) is 1.68. The first-order valence-corrected chi connectivity index (χ1v) is 4.49. The summed E-state index contributed by atoms with van der Waals surface area (Å²) in [5.41, 5.74) is 5.62. The first-order valence-electron chi connectivity index (χ1n) is 4.49. The molecule has 3 nitrogen and oxygen atoms in total. The normalized spacial score (nSPS) is 25.4. The number of para-hydroxylation sites is 1. The number of ether oxygens (including phenoxy) is 1. The summed E-state index contributed by atoms with van der Waals surface area (Å²) in [6.45, 7) is 0.137. The zero-order chi connectivity index (χ0) is 10.2. The van der Waals surface area contributed by atoms with Crippen LogP contribution in [0.5, 0.6) is 5.75 Å². The molecule has 1 aromatic carbocycles. The van der Waals surface area contributed by atoms with Gasteiger partial charge in [0.05, 0.1) is 18.8 Å². The van der Waals surface area contributed by atoms with Crippen molar-refractivity contribution in [1.82, 2.24) is 0 Å². The fraction of sp³-hybridized carbons (Fsp3) is 0.400. The third-order valence-corrected chi connectivity index (χ3v) is 2.58. The van der Waals surface area contributed by atoms with Crippen LogP contribution in [0.25, 0.3) is 0 Å². The molecule has 0 bridgehead atoms. The lowest BCUT2D eigenvalue weighted by Gasteiger charge is -2.33. The van der Waals surface area contributed by atoms with Crippen LogP contribution in [-0.2, 0) is 5.54 Å². The second-order valence-corrected chi connectivity index (χ2v) is 3.53. The highest BCUT2D eigenvalue weighted by molar-refractivity contribution is 5.41. The van der Waals surface area contributed by atoms with Crippen molar-refractivity contribution in [2.75, 3.05) is 13.2 Å². The van der Waals surface area contributed by atoms with E-state index in [1.54, 1.807) is 12.1 Å². The van der Waals surface area contributed by atoms with E-state index in [4.69, 9.17) is 10.5 Å². The Labute approximate surface area is 81.3 Å². The fourth-order valence-corrected chi connectivity index (χ4v) is 1.68. The molecular formula is C10H12FNO2. The zero-order valence-corrected chi connectivity index (χ0v) is 7.66. The maximum atomic E-state index is 13.3. The number of hydrogen-bond acceptors (Lipinski definition) is 3. The smallest absolute Gasteiger partial charge is 0.165 e. The van der Waals surface area contributed by atoms with E-state index in [9.17, 15) is 9.50 Å². The van der Waals surface area contributed by atoms with Gasteiger partial charge in [-0.05, 0) is 6.07 Å². The number of hydrogen-bond donors (Lipinski definition) is 2. The summed E-state index contributed by atoms with van der Waals surface area (Å²) in [6, 6.07) is 4.58. The van der Waals surface area contributed by atoms with Gasteiger partial charge in [0.2, 0.25) is 0 Å². The molecule has 4 heteroatoms. The molecule has 0 aliphatic carbocycles. The van der Waals surface area contributed by atoms with Gasteiger partial charge >= 0.3 is 0 Å². The van der Waals surface area contributed by atoms with Crippen molar-refractivity contribution in [1.29, 1.82) is 0 Å². The lowest BCUT2D eigenvalue weighted by Crippen LogP contribution is -2.44. The maximum Gasteiger partial charge on any atom is 0.165 e. The van der Waals surface area contributed by atoms with Crippen molar-refractivity contribution in [3.63, 3.8) is 0 Å². The molecule has 3 N–H and O–H groups in total. The molecular weight excluding hydrogens is 185 g/mol. The van der Waals surface area contributed by atoms with E-state index in [1.165, 1.54) is 6.07 Å². The molecule has 0 amide bonds.